The molecule has 2 heterocycles. The summed E-state index contributed by atoms with van der Waals surface area (Å²) in [5.74, 6) is -0.204. The maximum Gasteiger partial charge on any atom is 0.251 e. The van der Waals surface area contributed by atoms with Crippen molar-refractivity contribution in [1.82, 2.24) is 15.6 Å². The summed E-state index contributed by atoms with van der Waals surface area (Å²) in [6.07, 6.45) is 3.47. The lowest BCUT2D eigenvalue weighted by Gasteiger charge is -2.29. The number of β-amino-alcohol motifs (C(OH)–C–C–N with tert-alkyl or cyclic N) is 1. The number of carbonyl (C=O) groups excluding carboxylic acids is 1. The molecule has 1 aromatic heterocycles. The summed E-state index contributed by atoms with van der Waals surface area (Å²) in [6, 6.07) is 8.91. The van der Waals surface area contributed by atoms with Crippen LogP contribution in [0.4, 0.5) is 0 Å². The maximum atomic E-state index is 12.6. The number of halogens is 2. The average Bonchev–Trinajstić information content (AvgIpc) is 2.63. The van der Waals surface area contributed by atoms with Gasteiger partial charge in [-0.05, 0) is 50.6 Å². The molecule has 28 heavy (non-hydrogen) atoms. The van der Waals surface area contributed by atoms with Crippen LogP contribution in [-0.2, 0) is 5.60 Å². The number of aliphatic hydroxyl groups is 2. The average molecular weight is 428 g/mol. The SMILES string of the molecule is CC(C)(O)c1cncc(-c2cccc(C(=O)N[C@@H]3CCNC[C@H]3O)c2)c1.Cl.Cl. The summed E-state index contributed by atoms with van der Waals surface area (Å²) in [5, 5.41) is 26.2. The highest BCUT2D eigenvalue weighted by molar-refractivity contribution is 5.95. The predicted octanol–water partition coefficient (Wildman–Crippen LogP) is 2.27. The van der Waals surface area contributed by atoms with Gasteiger partial charge in [-0.3, -0.25) is 9.78 Å². The number of hydrogen-bond donors (Lipinski definition) is 4. The minimum absolute atomic E-state index is 0. The van der Waals surface area contributed by atoms with Crippen molar-refractivity contribution in [3.63, 3.8) is 0 Å². The van der Waals surface area contributed by atoms with E-state index in [-0.39, 0.29) is 36.8 Å². The molecule has 3 rings (SSSR count). The van der Waals surface area contributed by atoms with Crippen LogP contribution in [0.3, 0.4) is 0 Å². The zero-order valence-corrected chi connectivity index (χ0v) is 17.5. The molecule has 1 aliphatic rings. The van der Waals surface area contributed by atoms with Gasteiger partial charge in [-0.2, -0.15) is 0 Å². The van der Waals surface area contributed by atoms with Crippen molar-refractivity contribution in [2.45, 2.75) is 38.0 Å². The van der Waals surface area contributed by atoms with E-state index in [1.54, 1.807) is 38.4 Å². The number of amides is 1. The van der Waals surface area contributed by atoms with Crippen molar-refractivity contribution in [1.29, 1.82) is 0 Å². The van der Waals surface area contributed by atoms with E-state index in [1.165, 1.54) is 0 Å². The highest BCUT2D eigenvalue weighted by Gasteiger charge is 2.24. The number of carbonyl (C=O) groups is 1. The van der Waals surface area contributed by atoms with E-state index < -0.39 is 11.7 Å². The van der Waals surface area contributed by atoms with Crippen molar-refractivity contribution in [2.75, 3.05) is 13.1 Å². The van der Waals surface area contributed by atoms with Crippen molar-refractivity contribution in [3.05, 3.63) is 53.9 Å². The fraction of sp³-hybridized carbons (Fsp3) is 0.400. The normalized spacial score (nSPS) is 19.1. The lowest BCUT2D eigenvalue weighted by molar-refractivity contribution is 0.0764. The molecule has 0 spiro atoms. The zero-order chi connectivity index (χ0) is 18.7. The van der Waals surface area contributed by atoms with Crippen molar-refractivity contribution in [2.24, 2.45) is 0 Å². The van der Waals surface area contributed by atoms with Crippen molar-refractivity contribution in [3.8, 4) is 11.1 Å². The zero-order valence-electron chi connectivity index (χ0n) is 15.9. The summed E-state index contributed by atoms with van der Waals surface area (Å²) in [6.45, 7) is 4.68. The van der Waals surface area contributed by atoms with Gasteiger partial charge >= 0.3 is 0 Å². The van der Waals surface area contributed by atoms with Crippen molar-refractivity contribution < 1.29 is 15.0 Å². The number of nitrogens with one attached hydrogen (secondary N) is 2. The number of nitrogens with zero attached hydrogens (tertiary/aromatic N) is 1. The van der Waals surface area contributed by atoms with E-state index in [1.807, 2.05) is 18.2 Å². The second-order valence-corrected chi connectivity index (χ2v) is 7.24. The summed E-state index contributed by atoms with van der Waals surface area (Å²) < 4.78 is 0. The number of pyridine rings is 1. The minimum Gasteiger partial charge on any atom is -0.390 e. The number of aromatic nitrogens is 1. The molecule has 6 nitrogen and oxygen atoms in total. The molecule has 1 aliphatic heterocycles. The fourth-order valence-corrected chi connectivity index (χ4v) is 3.03. The van der Waals surface area contributed by atoms with Gasteiger partial charge in [0.05, 0.1) is 17.7 Å². The van der Waals surface area contributed by atoms with Crippen LogP contribution in [-0.4, -0.2) is 46.3 Å². The van der Waals surface area contributed by atoms with E-state index >= 15 is 0 Å². The number of benzene rings is 1. The molecule has 0 saturated carbocycles. The van der Waals surface area contributed by atoms with Crippen LogP contribution in [0.2, 0.25) is 0 Å². The van der Waals surface area contributed by atoms with Gasteiger partial charge in [0.15, 0.2) is 0 Å². The molecule has 0 aliphatic carbocycles. The number of hydrogen-bond acceptors (Lipinski definition) is 5. The van der Waals surface area contributed by atoms with Gasteiger partial charge < -0.3 is 20.8 Å². The van der Waals surface area contributed by atoms with Gasteiger partial charge in [0.2, 0.25) is 0 Å². The third-order valence-corrected chi connectivity index (χ3v) is 4.67. The number of piperidine rings is 1. The molecule has 154 valence electrons. The van der Waals surface area contributed by atoms with Gasteiger partial charge in [-0.1, -0.05) is 12.1 Å². The van der Waals surface area contributed by atoms with Gasteiger partial charge in [0.1, 0.15) is 0 Å². The molecule has 1 fully saturated rings. The van der Waals surface area contributed by atoms with E-state index in [2.05, 4.69) is 15.6 Å². The topological polar surface area (TPSA) is 94.5 Å². The molecule has 2 atom stereocenters. The highest BCUT2D eigenvalue weighted by atomic mass is 35.5. The first kappa shape index (κ1) is 24.3. The summed E-state index contributed by atoms with van der Waals surface area (Å²) in [7, 11) is 0. The Labute approximate surface area is 177 Å². The van der Waals surface area contributed by atoms with Gasteiger partial charge in [0.25, 0.3) is 5.91 Å². The molecular formula is C20H27Cl2N3O3. The first-order valence-corrected chi connectivity index (χ1v) is 8.82. The van der Waals surface area contributed by atoms with E-state index in [9.17, 15) is 15.0 Å². The number of aliphatic hydroxyl groups excluding tert-OH is 1. The molecule has 1 aromatic carbocycles. The van der Waals surface area contributed by atoms with Crippen LogP contribution >= 0.6 is 24.8 Å². The van der Waals surface area contributed by atoms with Crippen LogP contribution in [0.1, 0.15) is 36.2 Å². The van der Waals surface area contributed by atoms with Gasteiger partial charge in [-0.25, -0.2) is 0 Å². The lowest BCUT2D eigenvalue weighted by Crippen LogP contribution is -2.52. The largest absolute Gasteiger partial charge is 0.390 e. The van der Waals surface area contributed by atoms with E-state index in [0.29, 0.717) is 24.1 Å². The Hall–Kier alpha value is -1.70. The quantitative estimate of drug-likeness (QED) is 0.600. The first-order valence-electron chi connectivity index (χ1n) is 8.82. The Morgan fingerprint density at radius 1 is 1.21 bits per heavy atom. The molecule has 0 bridgehead atoms. The van der Waals surface area contributed by atoms with Crippen LogP contribution in [0.5, 0.6) is 0 Å². The van der Waals surface area contributed by atoms with Crippen LogP contribution in [0, 0.1) is 0 Å². The Bertz CT molecular complexity index is 796. The van der Waals surface area contributed by atoms with E-state index in [0.717, 1.165) is 17.7 Å². The van der Waals surface area contributed by atoms with E-state index in [4.69, 9.17) is 0 Å². The number of rotatable bonds is 4. The molecule has 8 heteroatoms. The summed E-state index contributed by atoms with van der Waals surface area (Å²) >= 11 is 0. The smallest absolute Gasteiger partial charge is 0.251 e. The molecule has 0 unspecified atom stereocenters. The Kier molecular flexibility index (Phi) is 8.85. The Morgan fingerprint density at radius 2 is 1.96 bits per heavy atom. The molecule has 4 N–H and O–H groups in total. The second-order valence-electron chi connectivity index (χ2n) is 7.24. The maximum absolute atomic E-state index is 12.6. The second kappa shape index (κ2) is 10.2. The molecule has 2 aromatic rings. The highest BCUT2D eigenvalue weighted by Crippen LogP contribution is 2.25. The third-order valence-electron chi connectivity index (χ3n) is 4.67. The molecular weight excluding hydrogens is 401 g/mol. The van der Waals surface area contributed by atoms with Crippen LogP contribution < -0.4 is 10.6 Å². The van der Waals surface area contributed by atoms with Crippen LogP contribution in [0.15, 0.2) is 42.7 Å². The Balaban J connectivity index is 0.00000196. The first-order chi connectivity index (χ1) is 12.3. The lowest BCUT2D eigenvalue weighted by atomic mass is 9.96. The van der Waals surface area contributed by atoms with Crippen molar-refractivity contribution >= 4 is 30.7 Å². The van der Waals surface area contributed by atoms with Crippen LogP contribution in [0.25, 0.3) is 11.1 Å². The molecule has 0 radical (unpaired) electrons. The summed E-state index contributed by atoms with van der Waals surface area (Å²) in [4.78, 5) is 16.8. The van der Waals surface area contributed by atoms with Gasteiger partial charge in [-0.15, -0.1) is 24.8 Å². The predicted molar refractivity (Wildman–Crippen MR) is 114 cm³/mol. The molecule has 1 amide bonds. The minimum atomic E-state index is -0.983. The molecule has 1 saturated heterocycles. The van der Waals surface area contributed by atoms with Gasteiger partial charge in [0, 0.05) is 35.6 Å². The monoisotopic (exact) mass is 427 g/mol. The standard InChI is InChI=1S/C20H25N3O3.2ClH/c1-20(2,26)16-9-15(10-22-11-16)13-4-3-5-14(8-13)19(25)23-17-6-7-21-12-18(17)24;;/h3-5,8-11,17-18,21,24,26H,6-7,12H2,1-2H3,(H,23,25);2*1H/t17-,18-;;/m1../s1. The Morgan fingerprint density at radius 3 is 2.64 bits per heavy atom. The third kappa shape index (κ3) is 5.90. The fourth-order valence-electron chi connectivity index (χ4n) is 3.03. The summed E-state index contributed by atoms with van der Waals surface area (Å²) in [5.41, 5.74) is 1.94.